The van der Waals surface area contributed by atoms with Crippen molar-refractivity contribution < 1.29 is 4.42 Å². The molecule has 4 heteroatoms. The number of aryl methyl sites for hydroxylation is 1. The van der Waals surface area contributed by atoms with Gasteiger partial charge in [0.2, 0.25) is 5.89 Å². The predicted octanol–water partition coefficient (Wildman–Crippen LogP) is 3.88. The molecule has 0 aliphatic heterocycles. The van der Waals surface area contributed by atoms with E-state index >= 15 is 0 Å². The Morgan fingerprint density at radius 2 is 2.13 bits per heavy atom. The van der Waals surface area contributed by atoms with E-state index in [0.29, 0.717) is 17.4 Å². The number of nitriles is 1. The number of oxazole rings is 1. The van der Waals surface area contributed by atoms with Crippen LogP contribution < -0.4 is 0 Å². The minimum absolute atomic E-state index is 0.395. The van der Waals surface area contributed by atoms with E-state index < -0.39 is 0 Å². The lowest BCUT2D eigenvalue weighted by Gasteiger charge is -2.19. The van der Waals surface area contributed by atoms with E-state index in [1.807, 2.05) is 36.5 Å². The molecule has 2 aromatic heterocycles. The molecule has 3 aromatic rings. The van der Waals surface area contributed by atoms with Crippen molar-refractivity contribution in [2.45, 2.75) is 25.2 Å². The average molecular weight is 301 g/mol. The van der Waals surface area contributed by atoms with Crippen LogP contribution in [-0.2, 0) is 12.8 Å². The van der Waals surface area contributed by atoms with E-state index in [-0.39, 0.29) is 0 Å². The first-order chi connectivity index (χ1) is 11.3. The van der Waals surface area contributed by atoms with Crippen LogP contribution in [0.4, 0.5) is 0 Å². The van der Waals surface area contributed by atoms with Crippen LogP contribution in [0, 0.1) is 11.3 Å². The highest BCUT2D eigenvalue weighted by atomic mass is 16.4. The minimum atomic E-state index is 0.395. The fraction of sp³-hybridized carbons (Fsp3) is 0.211. The van der Waals surface area contributed by atoms with Crippen LogP contribution in [0.3, 0.4) is 0 Å². The normalized spacial score (nSPS) is 16.6. The molecule has 1 aliphatic rings. The molecule has 112 valence electrons. The summed E-state index contributed by atoms with van der Waals surface area (Å²) in [6.07, 6.45) is 4.60. The molecule has 4 rings (SSSR count). The van der Waals surface area contributed by atoms with E-state index in [4.69, 9.17) is 9.68 Å². The number of benzene rings is 1. The first-order valence-corrected chi connectivity index (χ1v) is 7.73. The van der Waals surface area contributed by atoms with Gasteiger partial charge in [0.25, 0.3) is 0 Å². The van der Waals surface area contributed by atoms with E-state index in [1.165, 1.54) is 0 Å². The van der Waals surface area contributed by atoms with Crippen molar-refractivity contribution in [3.63, 3.8) is 0 Å². The summed E-state index contributed by atoms with van der Waals surface area (Å²) in [5, 5.41) is 9.02. The maximum atomic E-state index is 9.02. The van der Waals surface area contributed by atoms with Crippen molar-refractivity contribution in [2.24, 2.45) is 0 Å². The zero-order valence-electron chi connectivity index (χ0n) is 12.6. The van der Waals surface area contributed by atoms with Crippen molar-refractivity contribution >= 4 is 0 Å². The first-order valence-electron chi connectivity index (χ1n) is 7.73. The van der Waals surface area contributed by atoms with Gasteiger partial charge in [-0.2, -0.15) is 5.26 Å². The molecule has 0 saturated heterocycles. The molecule has 1 unspecified atom stereocenters. The standard InChI is InChI=1S/C19H15N3O/c20-12-13-4-3-5-15(10-13)19-22-17-11-14(7-8-18(17)23-19)16-6-1-2-9-21-16/h1-6,9-10,14H,7-8,11H2. The van der Waals surface area contributed by atoms with E-state index in [0.717, 1.165) is 42.0 Å². The third-order valence-electron chi connectivity index (χ3n) is 4.28. The molecule has 0 radical (unpaired) electrons. The molecular formula is C19H15N3O. The maximum Gasteiger partial charge on any atom is 0.226 e. The van der Waals surface area contributed by atoms with Gasteiger partial charge in [0, 0.05) is 36.2 Å². The van der Waals surface area contributed by atoms with Crippen molar-refractivity contribution in [3.8, 4) is 17.5 Å². The first kappa shape index (κ1) is 13.7. The summed E-state index contributed by atoms with van der Waals surface area (Å²) in [7, 11) is 0. The quantitative estimate of drug-likeness (QED) is 0.720. The second-order valence-corrected chi connectivity index (χ2v) is 5.78. The summed E-state index contributed by atoms with van der Waals surface area (Å²) in [6.45, 7) is 0. The summed E-state index contributed by atoms with van der Waals surface area (Å²) in [5.74, 6) is 1.97. The largest absolute Gasteiger partial charge is 0.441 e. The van der Waals surface area contributed by atoms with Crippen molar-refractivity contribution in [1.82, 2.24) is 9.97 Å². The van der Waals surface area contributed by atoms with Gasteiger partial charge in [-0.15, -0.1) is 0 Å². The summed E-state index contributed by atoms with van der Waals surface area (Å²) in [5.41, 5.74) is 3.61. The summed E-state index contributed by atoms with van der Waals surface area (Å²) in [6, 6.07) is 15.6. The van der Waals surface area contributed by atoms with Crippen LogP contribution in [-0.4, -0.2) is 9.97 Å². The topological polar surface area (TPSA) is 62.7 Å². The lowest BCUT2D eigenvalue weighted by atomic mass is 9.87. The molecule has 4 nitrogen and oxygen atoms in total. The van der Waals surface area contributed by atoms with Crippen LogP contribution in [0.5, 0.6) is 0 Å². The monoisotopic (exact) mass is 301 g/mol. The van der Waals surface area contributed by atoms with Crippen molar-refractivity contribution in [3.05, 3.63) is 71.4 Å². The molecule has 1 atom stereocenters. The van der Waals surface area contributed by atoms with Gasteiger partial charge < -0.3 is 4.42 Å². The molecule has 0 spiro atoms. The highest BCUT2D eigenvalue weighted by Crippen LogP contribution is 2.34. The van der Waals surface area contributed by atoms with E-state index in [9.17, 15) is 0 Å². The molecule has 0 bridgehead atoms. The molecule has 1 aliphatic carbocycles. The second-order valence-electron chi connectivity index (χ2n) is 5.78. The Hall–Kier alpha value is -2.93. The van der Waals surface area contributed by atoms with Gasteiger partial charge in [0.05, 0.1) is 17.3 Å². The van der Waals surface area contributed by atoms with Crippen LogP contribution in [0.1, 0.15) is 35.1 Å². The molecule has 0 amide bonds. The van der Waals surface area contributed by atoms with Gasteiger partial charge >= 0.3 is 0 Å². The molecule has 0 fully saturated rings. The summed E-state index contributed by atoms with van der Waals surface area (Å²) < 4.78 is 5.93. The Kier molecular flexibility index (Phi) is 3.39. The van der Waals surface area contributed by atoms with Crippen molar-refractivity contribution in [1.29, 1.82) is 5.26 Å². The number of hydrogen-bond donors (Lipinski definition) is 0. The number of rotatable bonds is 2. The third-order valence-corrected chi connectivity index (χ3v) is 4.28. The lowest BCUT2D eigenvalue weighted by molar-refractivity contribution is 0.461. The summed E-state index contributed by atoms with van der Waals surface area (Å²) in [4.78, 5) is 9.14. The fourth-order valence-electron chi connectivity index (χ4n) is 3.09. The van der Waals surface area contributed by atoms with Gasteiger partial charge in [-0.25, -0.2) is 4.98 Å². The highest BCUT2D eigenvalue weighted by molar-refractivity contribution is 5.57. The van der Waals surface area contributed by atoms with E-state index in [2.05, 4.69) is 22.1 Å². The zero-order chi connectivity index (χ0) is 15.6. The zero-order valence-corrected chi connectivity index (χ0v) is 12.6. The third kappa shape index (κ3) is 2.62. The summed E-state index contributed by atoms with van der Waals surface area (Å²) >= 11 is 0. The van der Waals surface area contributed by atoms with Crippen LogP contribution >= 0.6 is 0 Å². The number of fused-ring (bicyclic) bond motifs is 1. The van der Waals surface area contributed by atoms with Gasteiger partial charge in [-0.05, 0) is 36.8 Å². The fourth-order valence-corrected chi connectivity index (χ4v) is 3.09. The van der Waals surface area contributed by atoms with Crippen molar-refractivity contribution in [2.75, 3.05) is 0 Å². The molecule has 0 N–H and O–H groups in total. The molecule has 1 aromatic carbocycles. The highest BCUT2D eigenvalue weighted by Gasteiger charge is 2.26. The van der Waals surface area contributed by atoms with E-state index in [1.54, 1.807) is 6.07 Å². The van der Waals surface area contributed by atoms with Crippen LogP contribution in [0.25, 0.3) is 11.5 Å². The number of aromatic nitrogens is 2. The van der Waals surface area contributed by atoms with Gasteiger partial charge in [-0.1, -0.05) is 12.1 Å². The Morgan fingerprint density at radius 3 is 2.96 bits per heavy atom. The van der Waals surface area contributed by atoms with Gasteiger partial charge in [0.1, 0.15) is 5.76 Å². The van der Waals surface area contributed by atoms with Gasteiger partial charge in [0.15, 0.2) is 0 Å². The predicted molar refractivity (Wildman–Crippen MR) is 85.7 cm³/mol. The molecule has 0 saturated carbocycles. The Balaban J connectivity index is 1.64. The molecule has 23 heavy (non-hydrogen) atoms. The maximum absolute atomic E-state index is 9.02. The smallest absolute Gasteiger partial charge is 0.226 e. The lowest BCUT2D eigenvalue weighted by Crippen LogP contribution is -2.13. The Morgan fingerprint density at radius 1 is 1.17 bits per heavy atom. The second kappa shape index (κ2) is 5.69. The van der Waals surface area contributed by atoms with Gasteiger partial charge in [-0.3, -0.25) is 4.98 Å². The van der Waals surface area contributed by atoms with Crippen LogP contribution in [0.15, 0.2) is 53.1 Å². The average Bonchev–Trinajstić information content (AvgIpc) is 3.06. The number of hydrogen-bond acceptors (Lipinski definition) is 4. The SMILES string of the molecule is N#Cc1cccc(-c2nc3c(o2)CCC(c2ccccn2)C3)c1. The minimum Gasteiger partial charge on any atom is -0.441 e. The Bertz CT molecular complexity index is 877. The molecular weight excluding hydrogens is 286 g/mol. The molecule has 2 heterocycles. The number of pyridine rings is 1. The Labute approximate surface area is 134 Å². The van der Waals surface area contributed by atoms with Crippen LogP contribution in [0.2, 0.25) is 0 Å². The number of nitrogens with zero attached hydrogens (tertiary/aromatic N) is 3.